The lowest BCUT2D eigenvalue weighted by molar-refractivity contribution is 0.0706. The van der Waals surface area contributed by atoms with Gasteiger partial charge < -0.3 is 5.32 Å². The highest BCUT2D eigenvalue weighted by atomic mass is 15.2. The summed E-state index contributed by atoms with van der Waals surface area (Å²) in [6.07, 6.45) is 5.27. The molecular weight excluding hydrogens is 232 g/mol. The van der Waals surface area contributed by atoms with Crippen molar-refractivity contribution in [3.05, 3.63) is 0 Å². The Morgan fingerprint density at radius 2 is 1.89 bits per heavy atom. The van der Waals surface area contributed by atoms with Gasteiger partial charge >= 0.3 is 0 Å². The van der Waals surface area contributed by atoms with Gasteiger partial charge in [0.05, 0.1) is 0 Å². The number of hydrogen-bond donors (Lipinski definition) is 1. The van der Waals surface area contributed by atoms with Crippen molar-refractivity contribution in [2.45, 2.75) is 78.8 Å². The minimum Gasteiger partial charge on any atom is -0.309 e. The molecule has 1 fully saturated rings. The van der Waals surface area contributed by atoms with Crippen LogP contribution in [-0.4, -0.2) is 36.1 Å². The molecular formula is C17H36N2. The van der Waals surface area contributed by atoms with Crippen LogP contribution in [0, 0.1) is 11.8 Å². The molecule has 2 atom stereocenters. The summed E-state index contributed by atoms with van der Waals surface area (Å²) >= 11 is 0. The quantitative estimate of drug-likeness (QED) is 0.753. The number of hydrogen-bond acceptors (Lipinski definition) is 2. The van der Waals surface area contributed by atoms with Gasteiger partial charge in [-0.1, -0.05) is 34.6 Å². The molecule has 0 radical (unpaired) electrons. The summed E-state index contributed by atoms with van der Waals surface area (Å²) in [4.78, 5) is 2.77. The van der Waals surface area contributed by atoms with E-state index in [1.807, 2.05) is 0 Å². The third-order valence-electron chi connectivity index (χ3n) is 4.58. The van der Waals surface area contributed by atoms with Crippen LogP contribution in [0.5, 0.6) is 0 Å². The van der Waals surface area contributed by atoms with E-state index < -0.39 is 0 Å². The summed E-state index contributed by atoms with van der Waals surface area (Å²) in [5, 5.41) is 3.79. The number of piperazine rings is 1. The first-order valence-electron chi connectivity index (χ1n) is 8.35. The third kappa shape index (κ3) is 5.83. The van der Waals surface area contributed by atoms with Gasteiger partial charge in [-0.05, 0) is 51.0 Å². The molecule has 0 amide bonds. The first-order valence-corrected chi connectivity index (χ1v) is 8.35. The lowest BCUT2D eigenvalue weighted by Crippen LogP contribution is -2.62. The van der Waals surface area contributed by atoms with E-state index in [0.717, 1.165) is 17.9 Å². The first kappa shape index (κ1) is 17.0. The number of nitrogens with zero attached hydrogens (tertiary/aromatic N) is 1. The number of nitrogens with one attached hydrogen (secondary N) is 1. The summed E-state index contributed by atoms with van der Waals surface area (Å²) in [5.74, 6) is 1.63. The Morgan fingerprint density at radius 1 is 1.21 bits per heavy atom. The zero-order valence-corrected chi connectivity index (χ0v) is 14.1. The van der Waals surface area contributed by atoms with E-state index in [-0.39, 0.29) is 0 Å². The van der Waals surface area contributed by atoms with Gasteiger partial charge in [-0.3, -0.25) is 4.90 Å². The Morgan fingerprint density at radius 3 is 2.42 bits per heavy atom. The minimum absolute atomic E-state index is 0.325. The predicted octanol–water partition coefficient (Wildman–Crippen LogP) is 3.91. The van der Waals surface area contributed by atoms with Crippen molar-refractivity contribution in [2.24, 2.45) is 11.8 Å². The molecule has 1 aliphatic heterocycles. The summed E-state index contributed by atoms with van der Waals surface area (Å²) in [7, 11) is 0. The standard InChI is InChI=1S/C17H36N2/c1-7-17(6)13-19(10-8-9-14(2)3)16(12-18-17)11-15(4)5/h14-16,18H,7-13H2,1-6H3. The van der Waals surface area contributed by atoms with Crippen LogP contribution >= 0.6 is 0 Å². The molecule has 1 saturated heterocycles. The van der Waals surface area contributed by atoms with E-state index in [2.05, 4.69) is 51.8 Å². The molecule has 0 aromatic carbocycles. The largest absolute Gasteiger partial charge is 0.309 e. The number of rotatable bonds is 7. The van der Waals surface area contributed by atoms with Crippen molar-refractivity contribution < 1.29 is 0 Å². The van der Waals surface area contributed by atoms with E-state index >= 15 is 0 Å². The second-order valence-corrected chi connectivity index (χ2v) is 7.59. The Kier molecular flexibility index (Phi) is 6.82. The molecule has 1 N–H and O–H groups in total. The fourth-order valence-electron chi connectivity index (χ4n) is 3.10. The maximum Gasteiger partial charge on any atom is 0.0278 e. The summed E-state index contributed by atoms with van der Waals surface area (Å²) in [5.41, 5.74) is 0.325. The SMILES string of the molecule is CCC1(C)CN(CCCC(C)C)C(CC(C)C)CN1. The van der Waals surface area contributed by atoms with Crippen molar-refractivity contribution in [3.8, 4) is 0 Å². The zero-order chi connectivity index (χ0) is 14.5. The predicted molar refractivity (Wildman–Crippen MR) is 85.6 cm³/mol. The molecule has 1 rings (SSSR count). The second kappa shape index (κ2) is 7.64. The van der Waals surface area contributed by atoms with Crippen LogP contribution in [0.25, 0.3) is 0 Å². The van der Waals surface area contributed by atoms with Crippen molar-refractivity contribution in [3.63, 3.8) is 0 Å². The zero-order valence-electron chi connectivity index (χ0n) is 14.1. The van der Waals surface area contributed by atoms with E-state index in [9.17, 15) is 0 Å². The lowest BCUT2D eigenvalue weighted by atomic mass is 9.90. The van der Waals surface area contributed by atoms with Gasteiger partial charge in [-0.25, -0.2) is 0 Å². The molecule has 2 unspecified atom stereocenters. The van der Waals surface area contributed by atoms with Crippen LogP contribution in [0.2, 0.25) is 0 Å². The average Bonchev–Trinajstić information content (AvgIpc) is 2.32. The lowest BCUT2D eigenvalue weighted by Gasteiger charge is -2.46. The van der Waals surface area contributed by atoms with Crippen LogP contribution in [0.4, 0.5) is 0 Å². The molecule has 0 aromatic rings. The van der Waals surface area contributed by atoms with Crippen molar-refractivity contribution >= 4 is 0 Å². The highest BCUT2D eigenvalue weighted by Gasteiger charge is 2.34. The Hall–Kier alpha value is -0.0800. The topological polar surface area (TPSA) is 15.3 Å². The molecule has 19 heavy (non-hydrogen) atoms. The van der Waals surface area contributed by atoms with Crippen LogP contribution in [0.15, 0.2) is 0 Å². The van der Waals surface area contributed by atoms with Gasteiger partial charge in [-0.2, -0.15) is 0 Å². The smallest absolute Gasteiger partial charge is 0.0278 e. The summed E-state index contributed by atoms with van der Waals surface area (Å²) in [6.45, 7) is 17.7. The van der Waals surface area contributed by atoms with Crippen molar-refractivity contribution in [1.82, 2.24) is 10.2 Å². The van der Waals surface area contributed by atoms with Gasteiger partial charge in [0.15, 0.2) is 0 Å². The minimum atomic E-state index is 0.325. The Labute approximate surface area is 121 Å². The molecule has 2 nitrogen and oxygen atoms in total. The highest BCUT2D eigenvalue weighted by molar-refractivity contribution is 4.94. The molecule has 0 spiro atoms. The molecule has 1 aliphatic rings. The summed E-state index contributed by atoms with van der Waals surface area (Å²) in [6, 6.07) is 0.742. The van der Waals surface area contributed by atoms with Crippen LogP contribution in [-0.2, 0) is 0 Å². The van der Waals surface area contributed by atoms with E-state index in [4.69, 9.17) is 0 Å². The van der Waals surface area contributed by atoms with E-state index in [1.165, 1.54) is 45.3 Å². The van der Waals surface area contributed by atoms with Gasteiger partial charge in [0.1, 0.15) is 0 Å². The molecule has 0 saturated carbocycles. The molecule has 0 aliphatic carbocycles. The molecule has 0 aromatic heterocycles. The van der Waals surface area contributed by atoms with Gasteiger partial charge in [0.25, 0.3) is 0 Å². The maximum atomic E-state index is 3.79. The maximum absolute atomic E-state index is 3.79. The van der Waals surface area contributed by atoms with E-state index in [1.54, 1.807) is 0 Å². The average molecular weight is 268 g/mol. The van der Waals surface area contributed by atoms with E-state index in [0.29, 0.717) is 5.54 Å². The van der Waals surface area contributed by atoms with Crippen LogP contribution < -0.4 is 5.32 Å². The van der Waals surface area contributed by atoms with Gasteiger partial charge in [0.2, 0.25) is 0 Å². The Bertz CT molecular complexity index is 250. The van der Waals surface area contributed by atoms with Gasteiger partial charge in [0, 0.05) is 24.7 Å². The molecule has 114 valence electrons. The molecule has 1 heterocycles. The molecule has 0 bridgehead atoms. The second-order valence-electron chi connectivity index (χ2n) is 7.59. The molecule has 2 heteroatoms. The van der Waals surface area contributed by atoms with Gasteiger partial charge in [-0.15, -0.1) is 0 Å². The van der Waals surface area contributed by atoms with Crippen LogP contribution in [0.3, 0.4) is 0 Å². The van der Waals surface area contributed by atoms with Crippen molar-refractivity contribution in [2.75, 3.05) is 19.6 Å². The Balaban J connectivity index is 2.55. The normalized spacial score (nSPS) is 29.4. The summed E-state index contributed by atoms with van der Waals surface area (Å²) < 4.78 is 0. The fourth-order valence-corrected chi connectivity index (χ4v) is 3.10. The van der Waals surface area contributed by atoms with Crippen LogP contribution in [0.1, 0.15) is 67.2 Å². The fraction of sp³-hybridized carbons (Fsp3) is 1.00. The van der Waals surface area contributed by atoms with Crippen molar-refractivity contribution in [1.29, 1.82) is 0 Å². The monoisotopic (exact) mass is 268 g/mol. The first-order chi connectivity index (χ1) is 8.86. The highest BCUT2D eigenvalue weighted by Crippen LogP contribution is 2.23. The third-order valence-corrected chi connectivity index (χ3v) is 4.58.